The first-order chi connectivity index (χ1) is 12.4. The second-order valence-electron chi connectivity index (χ2n) is 5.90. The van der Waals surface area contributed by atoms with Gasteiger partial charge in [0.25, 0.3) is 0 Å². The summed E-state index contributed by atoms with van der Waals surface area (Å²) < 4.78 is 26.9. The molecule has 0 bridgehead atoms. The molecule has 1 aromatic carbocycles. The molecule has 0 amide bonds. The summed E-state index contributed by atoms with van der Waals surface area (Å²) in [5.41, 5.74) is 0.572. The summed E-state index contributed by atoms with van der Waals surface area (Å²) in [5, 5.41) is 9.78. The summed E-state index contributed by atoms with van der Waals surface area (Å²) in [4.78, 5) is 17.5. The summed E-state index contributed by atoms with van der Waals surface area (Å²) in [7, 11) is -3.71. The van der Waals surface area contributed by atoms with E-state index in [2.05, 4.69) is 4.98 Å². The molecular formula is C17H18ClN3O4S. The first-order valence-corrected chi connectivity index (χ1v) is 9.84. The number of carboxylic acids is 1. The first-order valence-electron chi connectivity index (χ1n) is 8.02. The maximum absolute atomic E-state index is 12.8. The molecule has 1 atom stereocenters. The smallest absolute Gasteiger partial charge is 0.325 e. The number of hydrogen-bond donors (Lipinski definition) is 1. The van der Waals surface area contributed by atoms with Crippen LogP contribution in [0.4, 0.5) is 0 Å². The fourth-order valence-corrected chi connectivity index (χ4v) is 4.96. The standard InChI is InChI=1S/C17H18ClN3O4S/c18-14-5-1-2-6-15(14)26(24,25)21-10-8-20(9-11-21)16(17(22)23)13-4-3-7-19-12-13/h1-7,12,16H,8-11H2,(H,22,23). The van der Waals surface area contributed by atoms with Crippen LogP contribution in [0.5, 0.6) is 0 Å². The highest BCUT2D eigenvalue weighted by Crippen LogP contribution is 2.27. The molecule has 0 radical (unpaired) electrons. The van der Waals surface area contributed by atoms with Crippen LogP contribution in [0.15, 0.2) is 53.7 Å². The average Bonchev–Trinajstić information content (AvgIpc) is 2.63. The third kappa shape index (κ3) is 3.73. The lowest BCUT2D eigenvalue weighted by molar-refractivity contribution is -0.144. The quantitative estimate of drug-likeness (QED) is 0.831. The van der Waals surface area contributed by atoms with E-state index in [1.807, 2.05) is 0 Å². The van der Waals surface area contributed by atoms with Gasteiger partial charge in [-0.1, -0.05) is 29.8 Å². The van der Waals surface area contributed by atoms with E-state index in [1.165, 1.54) is 22.6 Å². The van der Waals surface area contributed by atoms with E-state index in [1.54, 1.807) is 35.4 Å². The van der Waals surface area contributed by atoms with Crippen molar-refractivity contribution >= 4 is 27.6 Å². The summed E-state index contributed by atoms with van der Waals surface area (Å²) in [6, 6.07) is 8.84. The van der Waals surface area contributed by atoms with Gasteiger partial charge < -0.3 is 5.11 Å². The first kappa shape index (κ1) is 18.8. The van der Waals surface area contributed by atoms with Crippen LogP contribution < -0.4 is 0 Å². The molecule has 2 aromatic rings. The van der Waals surface area contributed by atoms with Gasteiger partial charge in [0.2, 0.25) is 10.0 Å². The largest absolute Gasteiger partial charge is 0.480 e. The van der Waals surface area contributed by atoms with Crippen LogP contribution in [-0.2, 0) is 14.8 Å². The summed E-state index contributed by atoms with van der Waals surface area (Å²) in [5.74, 6) is -0.986. The van der Waals surface area contributed by atoms with Gasteiger partial charge in [0, 0.05) is 38.6 Å². The molecule has 1 aliphatic heterocycles. The number of carbonyl (C=O) groups is 1. The van der Waals surface area contributed by atoms with Crippen LogP contribution in [0.25, 0.3) is 0 Å². The molecule has 0 saturated carbocycles. The highest BCUT2D eigenvalue weighted by molar-refractivity contribution is 7.89. The lowest BCUT2D eigenvalue weighted by atomic mass is 10.1. The summed E-state index contributed by atoms with van der Waals surface area (Å²) >= 11 is 6.03. The minimum absolute atomic E-state index is 0.0668. The minimum Gasteiger partial charge on any atom is -0.480 e. The van der Waals surface area contributed by atoms with Crippen LogP contribution in [0.1, 0.15) is 11.6 Å². The van der Waals surface area contributed by atoms with Crippen molar-refractivity contribution < 1.29 is 18.3 Å². The van der Waals surface area contributed by atoms with Gasteiger partial charge in [0.1, 0.15) is 10.9 Å². The summed E-state index contributed by atoms with van der Waals surface area (Å²) in [6.07, 6.45) is 3.10. The van der Waals surface area contributed by atoms with Gasteiger partial charge >= 0.3 is 5.97 Å². The second kappa shape index (κ2) is 7.71. The maximum Gasteiger partial charge on any atom is 0.325 e. The number of sulfonamides is 1. The Morgan fingerprint density at radius 3 is 2.38 bits per heavy atom. The predicted molar refractivity (Wildman–Crippen MR) is 96.4 cm³/mol. The van der Waals surface area contributed by atoms with Crippen LogP contribution >= 0.6 is 11.6 Å². The van der Waals surface area contributed by atoms with Gasteiger partial charge in [0.15, 0.2) is 0 Å². The molecule has 7 nitrogen and oxygen atoms in total. The number of piperazine rings is 1. The third-order valence-corrected chi connectivity index (χ3v) is 6.73. The van der Waals surface area contributed by atoms with Crippen molar-refractivity contribution in [1.29, 1.82) is 0 Å². The van der Waals surface area contributed by atoms with Gasteiger partial charge in [-0.25, -0.2) is 8.42 Å². The lowest BCUT2D eigenvalue weighted by Crippen LogP contribution is -2.50. The Kier molecular flexibility index (Phi) is 5.57. The number of hydrogen-bond acceptors (Lipinski definition) is 5. The Labute approximate surface area is 156 Å². The fourth-order valence-electron chi connectivity index (χ4n) is 3.04. The van der Waals surface area contributed by atoms with Crippen molar-refractivity contribution in [3.63, 3.8) is 0 Å². The van der Waals surface area contributed by atoms with Gasteiger partial charge in [-0.15, -0.1) is 0 Å². The normalized spacial score (nSPS) is 17.7. The third-order valence-electron chi connectivity index (χ3n) is 4.33. The second-order valence-corrected chi connectivity index (χ2v) is 8.21. The van der Waals surface area contributed by atoms with Gasteiger partial charge in [-0.05, 0) is 23.8 Å². The topological polar surface area (TPSA) is 90.8 Å². The number of benzene rings is 1. The molecule has 2 heterocycles. The molecule has 9 heteroatoms. The maximum atomic E-state index is 12.8. The Hall–Kier alpha value is -2.00. The van der Waals surface area contributed by atoms with Gasteiger partial charge in [-0.2, -0.15) is 4.31 Å². The molecule has 1 aromatic heterocycles. The van der Waals surface area contributed by atoms with Gasteiger partial charge in [-0.3, -0.25) is 14.7 Å². The van der Waals surface area contributed by atoms with Crippen molar-refractivity contribution in [2.75, 3.05) is 26.2 Å². The van der Waals surface area contributed by atoms with E-state index < -0.39 is 22.0 Å². The van der Waals surface area contributed by atoms with Crippen LogP contribution in [0.2, 0.25) is 5.02 Å². The zero-order chi connectivity index (χ0) is 18.7. The number of nitrogens with zero attached hydrogens (tertiary/aromatic N) is 3. The Morgan fingerprint density at radius 2 is 1.81 bits per heavy atom. The molecule has 26 heavy (non-hydrogen) atoms. The number of aliphatic carboxylic acids is 1. The van der Waals surface area contributed by atoms with Crippen molar-refractivity contribution in [2.45, 2.75) is 10.9 Å². The van der Waals surface area contributed by atoms with E-state index in [0.29, 0.717) is 18.7 Å². The SMILES string of the molecule is O=C(O)C(c1cccnc1)N1CCN(S(=O)(=O)c2ccccc2Cl)CC1. The average molecular weight is 396 g/mol. The zero-order valence-corrected chi connectivity index (χ0v) is 15.4. The van der Waals surface area contributed by atoms with Crippen LogP contribution in [0, 0.1) is 0 Å². The fraction of sp³-hybridized carbons (Fsp3) is 0.294. The number of aromatic nitrogens is 1. The molecule has 0 spiro atoms. The van der Waals surface area contributed by atoms with E-state index in [4.69, 9.17) is 11.6 Å². The molecule has 1 N–H and O–H groups in total. The predicted octanol–water partition coefficient (Wildman–Crippen LogP) is 1.87. The lowest BCUT2D eigenvalue weighted by Gasteiger charge is -2.37. The van der Waals surface area contributed by atoms with E-state index in [-0.39, 0.29) is 23.0 Å². The molecule has 1 saturated heterocycles. The van der Waals surface area contributed by atoms with Crippen molar-refractivity contribution in [3.05, 3.63) is 59.4 Å². The van der Waals surface area contributed by atoms with Crippen molar-refractivity contribution in [3.8, 4) is 0 Å². The molecule has 138 valence electrons. The Morgan fingerprint density at radius 1 is 1.12 bits per heavy atom. The zero-order valence-electron chi connectivity index (χ0n) is 13.8. The number of carboxylic acid groups (broad SMARTS) is 1. The molecule has 3 rings (SSSR count). The molecular weight excluding hydrogens is 378 g/mol. The van der Waals surface area contributed by atoms with E-state index in [9.17, 15) is 18.3 Å². The monoisotopic (exact) mass is 395 g/mol. The highest BCUT2D eigenvalue weighted by Gasteiger charge is 2.35. The number of pyridine rings is 1. The molecule has 1 unspecified atom stereocenters. The van der Waals surface area contributed by atoms with Crippen LogP contribution in [0.3, 0.4) is 0 Å². The van der Waals surface area contributed by atoms with Gasteiger partial charge in [0.05, 0.1) is 5.02 Å². The summed E-state index contributed by atoms with van der Waals surface area (Å²) in [6.45, 7) is 0.986. The highest BCUT2D eigenvalue weighted by atomic mass is 35.5. The van der Waals surface area contributed by atoms with E-state index >= 15 is 0 Å². The van der Waals surface area contributed by atoms with E-state index in [0.717, 1.165) is 0 Å². The number of rotatable bonds is 5. The van der Waals surface area contributed by atoms with Crippen LogP contribution in [-0.4, -0.2) is 59.9 Å². The molecule has 1 aliphatic rings. The Bertz CT molecular complexity index is 884. The van der Waals surface area contributed by atoms with Crippen molar-refractivity contribution in [2.24, 2.45) is 0 Å². The Balaban J connectivity index is 1.76. The van der Waals surface area contributed by atoms with Crippen molar-refractivity contribution in [1.82, 2.24) is 14.2 Å². The molecule has 1 fully saturated rings. The molecule has 0 aliphatic carbocycles. The minimum atomic E-state index is -3.71. The number of halogens is 1.